The summed E-state index contributed by atoms with van der Waals surface area (Å²) >= 11 is 6.04. The van der Waals surface area contributed by atoms with Crippen LogP contribution in [0.15, 0.2) is 64.3 Å². The first-order chi connectivity index (χ1) is 16.3. The fourth-order valence-electron chi connectivity index (χ4n) is 2.82. The molecular weight excluding hydrogens is 460 g/mol. The van der Waals surface area contributed by atoms with Crippen LogP contribution >= 0.6 is 11.6 Å². The van der Waals surface area contributed by atoms with Gasteiger partial charge in [0.1, 0.15) is 11.5 Å². The highest BCUT2D eigenvalue weighted by Crippen LogP contribution is 2.22. The first kappa shape index (κ1) is 24.5. The minimum atomic E-state index is -0.958. The van der Waals surface area contributed by atoms with Crippen molar-refractivity contribution < 1.29 is 23.5 Å². The lowest BCUT2D eigenvalue weighted by atomic mass is 10.1. The van der Waals surface area contributed by atoms with Crippen molar-refractivity contribution in [1.82, 2.24) is 10.7 Å². The Morgan fingerprint density at radius 3 is 2.68 bits per heavy atom. The van der Waals surface area contributed by atoms with E-state index in [2.05, 4.69) is 21.2 Å². The van der Waals surface area contributed by atoms with Gasteiger partial charge in [-0.25, -0.2) is 5.43 Å². The number of nitrogens with one attached hydrogen (secondary N) is 3. The van der Waals surface area contributed by atoms with Gasteiger partial charge in [0.2, 0.25) is 0 Å². The maximum Gasteiger partial charge on any atom is 0.329 e. The number of nitrogens with zero attached hydrogens (tertiary/aromatic N) is 1. The van der Waals surface area contributed by atoms with Gasteiger partial charge in [0.05, 0.1) is 19.0 Å². The highest BCUT2D eigenvalue weighted by atomic mass is 35.5. The van der Waals surface area contributed by atoms with E-state index in [-0.39, 0.29) is 19.1 Å². The zero-order valence-electron chi connectivity index (χ0n) is 18.6. The smallest absolute Gasteiger partial charge is 0.329 e. The van der Waals surface area contributed by atoms with Gasteiger partial charge in [0, 0.05) is 16.3 Å². The quantitative estimate of drug-likeness (QED) is 0.258. The van der Waals surface area contributed by atoms with Crippen LogP contribution in [0, 0.1) is 13.8 Å². The van der Waals surface area contributed by atoms with Crippen molar-refractivity contribution in [2.75, 3.05) is 11.9 Å². The molecule has 10 heteroatoms. The van der Waals surface area contributed by atoms with E-state index in [0.29, 0.717) is 27.8 Å². The van der Waals surface area contributed by atoms with Crippen LogP contribution in [0.4, 0.5) is 5.69 Å². The van der Waals surface area contributed by atoms with Gasteiger partial charge in [-0.2, -0.15) is 5.10 Å². The predicted molar refractivity (Wildman–Crippen MR) is 128 cm³/mol. The number of carbonyl (C=O) groups excluding carboxylic acids is 3. The number of halogens is 1. The molecular formula is C24H23ClN4O5. The summed E-state index contributed by atoms with van der Waals surface area (Å²) in [5, 5.41) is 9.39. The van der Waals surface area contributed by atoms with E-state index < -0.39 is 11.8 Å². The molecule has 3 amide bonds. The molecule has 0 aliphatic heterocycles. The fraction of sp³-hybridized carbons (Fsp3) is 0.167. The molecule has 2 aromatic carbocycles. The zero-order valence-corrected chi connectivity index (χ0v) is 19.3. The SMILES string of the molecule is Cc1ccc(C)c(NC(=O)COc2ccc(Cl)cc2/C=N\NC(=O)C(=O)NCc2ccco2)c1. The Hall–Kier alpha value is -4.11. The van der Waals surface area contributed by atoms with Gasteiger partial charge in [-0.3, -0.25) is 14.4 Å². The Morgan fingerprint density at radius 2 is 1.91 bits per heavy atom. The molecule has 0 aliphatic carbocycles. The number of hydrogen-bond acceptors (Lipinski definition) is 6. The summed E-state index contributed by atoms with van der Waals surface area (Å²) in [7, 11) is 0. The largest absolute Gasteiger partial charge is 0.483 e. The first-order valence-electron chi connectivity index (χ1n) is 10.2. The van der Waals surface area contributed by atoms with E-state index in [1.807, 2.05) is 32.0 Å². The number of anilines is 1. The molecule has 0 saturated carbocycles. The van der Waals surface area contributed by atoms with E-state index in [9.17, 15) is 14.4 Å². The molecule has 0 fully saturated rings. The zero-order chi connectivity index (χ0) is 24.5. The van der Waals surface area contributed by atoms with E-state index in [0.717, 1.165) is 11.1 Å². The molecule has 9 nitrogen and oxygen atoms in total. The van der Waals surface area contributed by atoms with E-state index in [1.54, 1.807) is 30.3 Å². The van der Waals surface area contributed by atoms with Crippen molar-refractivity contribution in [2.45, 2.75) is 20.4 Å². The molecule has 34 heavy (non-hydrogen) atoms. The van der Waals surface area contributed by atoms with Crippen molar-refractivity contribution in [2.24, 2.45) is 5.10 Å². The van der Waals surface area contributed by atoms with Crippen molar-refractivity contribution in [1.29, 1.82) is 0 Å². The van der Waals surface area contributed by atoms with Gasteiger partial charge >= 0.3 is 11.8 Å². The highest BCUT2D eigenvalue weighted by molar-refractivity contribution is 6.35. The number of carbonyl (C=O) groups is 3. The summed E-state index contributed by atoms with van der Waals surface area (Å²) in [6.07, 6.45) is 2.73. The maximum absolute atomic E-state index is 12.3. The number of rotatable bonds is 8. The molecule has 0 aliphatic rings. The minimum Gasteiger partial charge on any atom is -0.483 e. The van der Waals surface area contributed by atoms with Crippen LogP contribution in [0.25, 0.3) is 0 Å². The average Bonchev–Trinajstić information content (AvgIpc) is 3.33. The lowest BCUT2D eigenvalue weighted by Gasteiger charge is -2.12. The second-order valence-electron chi connectivity index (χ2n) is 7.30. The molecule has 3 N–H and O–H groups in total. The fourth-order valence-corrected chi connectivity index (χ4v) is 3.00. The van der Waals surface area contributed by atoms with Gasteiger partial charge in [-0.15, -0.1) is 0 Å². The second kappa shape index (κ2) is 11.7. The summed E-state index contributed by atoms with van der Waals surface area (Å²) in [5.74, 6) is -1.35. The van der Waals surface area contributed by atoms with Crippen LogP contribution in [0.3, 0.4) is 0 Å². The third-order valence-electron chi connectivity index (χ3n) is 4.58. The Kier molecular flexibility index (Phi) is 8.42. The van der Waals surface area contributed by atoms with Crippen LogP contribution in [-0.4, -0.2) is 30.5 Å². The topological polar surface area (TPSA) is 122 Å². The molecule has 0 radical (unpaired) electrons. The number of hydrogen-bond donors (Lipinski definition) is 3. The molecule has 0 atom stereocenters. The van der Waals surface area contributed by atoms with Crippen LogP contribution in [-0.2, 0) is 20.9 Å². The van der Waals surface area contributed by atoms with Crippen LogP contribution in [0.1, 0.15) is 22.5 Å². The van der Waals surface area contributed by atoms with Crippen LogP contribution in [0.5, 0.6) is 5.75 Å². The monoisotopic (exact) mass is 482 g/mol. The number of aryl methyl sites for hydroxylation is 2. The predicted octanol–water partition coefficient (Wildman–Crippen LogP) is 3.33. The molecule has 0 saturated heterocycles. The number of ether oxygens (including phenoxy) is 1. The van der Waals surface area contributed by atoms with Crippen LogP contribution < -0.4 is 20.8 Å². The Balaban J connectivity index is 1.55. The highest BCUT2D eigenvalue weighted by Gasteiger charge is 2.13. The van der Waals surface area contributed by atoms with Crippen molar-refractivity contribution >= 4 is 41.2 Å². The summed E-state index contributed by atoms with van der Waals surface area (Å²) in [5.41, 5.74) is 5.20. The van der Waals surface area contributed by atoms with Gasteiger partial charge in [0.15, 0.2) is 6.61 Å². The molecule has 0 bridgehead atoms. The normalized spacial score (nSPS) is 10.7. The minimum absolute atomic E-state index is 0.0688. The lowest BCUT2D eigenvalue weighted by Crippen LogP contribution is -2.37. The van der Waals surface area contributed by atoms with Gasteiger partial charge in [-0.1, -0.05) is 23.7 Å². The average molecular weight is 483 g/mol. The van der Waals surface area contributed by atoms with E-state index in [4.69, 9.17) is 20.8 Å². The summed E-state index contributed by atoms with van der Waals surface area (Å²) < 4.78 is 10.7. The molecule has 3 rings (SSSR count). The van der Waals surface area contributed by atoms with Gasteiger partial charge < -0.3 is 19.8 Å². The summed E-state index contributed by atoms with van der Waals surface area (Å²) in [6, 6.07) is 13.8. The van der Waals surface area contributed by atoms with Crippen LogP contribution in [0.2, 0.25) is 5.02 Å². The summed E-state index contributed by atoms with van der Waals surface area (Å²) in [6.45, 7) is 3.65. The van der Waals surface area contributed by atoms with E-state index in [1.165, 1.54) is 12.5 Å². The van der Waals surface area contributed by atoms with Gasteiger partial charge in [-0.05, 0) is 61.4 Å². The van der Waals surface area contributed by atoms with Gasteiger partial charge in [0.25, 0.3) is 5.91 Å². The third-order valence-corrected chi connectivity index (χ3v) is 4.81. The first-order valence-corrected chi connectivity index (χ1v) is 10.6. The standard InChI is InChI=1S/C24H23ClN4O5/c1-15-5-6-16(2)20(10-15)28-22(30)14-34-21-8-7-18(25)11-17(21)12-27-29-24(32)23(31)26-13-19-4-3-9-33-19/h3-12H,13-14H2,1-2H3,(H,26,31)(H,28,30)(H,29,32)/b27-12-. The van der Waals surface area contributed by atoms with Crippen molar-refractivity contribution in [3.63, 3.8) is 0 Å². The Morgan fingerprint density at radius 1 is 1.09 bits per heavy atom. The Labute approximate surface area is 201 Å². The molecule has 0 spiro atoms. The third kappa shape index (κ3) is 7.21. The number of hydrazone groups is 1. The maximum atomic E-state index is 12.3. The summed E-state index contributed by atoms with van der Waals surface area (Å²) in [4.78, 5) is 36.1. The molecule has 1 aromatic heterocycles. The van der Waals surface area contributed by atoms with E-state index >= 15 is 0 Å². The number of amides is 3. The molecule has 176 valence electrons. The number of furan rings is 1. The molecule has 3 aromatic rings. The van der Waals surface area contributed by atoms with Crippen molar-refractivity contribution in [3.8, 4) is 5.75 Å². The molecule has 0 unspecified atom stereocenters. The lowest BCUT2D eigenvalue weighted by molar-refractivity contribution is -0.139. The molecule has 1 heterocycles. The Bertz CT molecular complexity index is 1210. The second-order valence-corrected chi connectivity index (χ2v) is 7.73. The van der Waals surface area contributed by atoms with Crippen molar-refractivity contribution in [3.05, 3.63) is 82.3 Å². The number of benzene rings is 2.